The van der Waals surface area contributed by atoms with Crippen molar-refractivity contribution < 1.29 is 14.6 Å². The number of hydrazone groups is 1. The molecule has 0 aromatic heterocycles. The lowest BCUT2D eigenvalue weighted by Gasteiger charge is -2.26. The molecule has 0 aliphatic carbocycles. The Morgan fingerprint density at radius 3 is 2.21 bits per heavy atom. The lowest BCUT2D eigenvalue weighted by atomic mass is 10.0. The molecule has 0 unspecified atom stereocenters. The first-order chi connectivity index (χ1) is 14.2. The second kappa shape index (κ2) is 8.59. The Morgan fingerprint density at radius 2 is 1.59 bits per heavy atom. The molecule has 0 bridgehead atoms. The molecule has 0 saturated carbocycles. The Labute approximate surface area is 177 Å². The van der Waals surface area contributed by atoms with E-state index >= 15 is 0 Å². The lowest BCUT2D eigenvalue weighted by molar-refractivity contribution is 0.0361. The monoisotopic (exact) mass is 450 g/mol. The Morgan fingerprint density at radius 1 is 0.966 bits per heavy atom. The summed E-state index contributed by atoms with van der Waals surface area (Å²) in [6, 6.07) is 25.5. The minimum atomic E-state index is -0.709. The molecule has 0 fully saturated rings. The maximum atomic E-state index is 12.7. The number of carbonyl (C=O) groups is 1. The zero-order valence-electron chi connectivity index (χ0n) is 15.5. The number of rotatable bonds is 5. The molecule has 29 heavy (non-hydrogen) atoms. The second-order valence-corrected chi connectivity index (χ2v) is 7.53. The zero-order valence-corrected chi connectivity index (χ0v) is 17.1. The summed E-state index contributed by atoms with van der Waals surface area (Å²) in [4.78, 5) is 12.7. The molecule has 0 radical (unpaired) electrons. The van der Waals surface area contributed by atoms with Crippen LogP contribution < -0.4 is 5.01 Å². The van der Waals surface area contributed by atoms with E-state index in [-0.39, 0.29) is 6.61 Å². The second-order valence-electron chi connectivity index (χ2n) is 6.61. The van der Waals surface area contributed by atoms with Gasteiger partial charge in [-0.3, -0.25) is 5.01 Å². The summed E-state index contributed by atoms with van der Waals surface area (Å²) in [7, 11) is 0. The summed E-state index contributed by atoms with van der Waals surface area (Å²) >= 11 is 3.43. The van der Waals surface area contributed by atoms with E-state index in [1.165, 1.54) is 0 Å². The summed E-state index contributed by atoms with van der Waals surface area (Å²) in [5, 5.41) is 16.6. The summed E-state index contributed by atoms with van der Waals surface area (Å²) < 4.78 is 6.81. The molecule has 2 atom stereocenters. The number of aliphatic hydroxyl groups is 1. The van der Waals surface area contributed by atoms with Crippen LogP contribution in [0.25, 0.3) is 0 Å². The fraction of sp³-hybridized carbons (Fsp3) is 0.130. The highest BCUT2D eigenvalue weighted by Crippen LogP contribution is 2.30. The molecular weight excluding hydrogens is 432 g/mol. The number of ether oxygens (including phenoxy) is 1. The van der Waals surface area contributed by atoms with Crippen molar-refractivity contribution in [3.05, 3.63) is 101 Å². The van der Waals surface area contributed by atoms with Crippen LogP contribution in [0.1, 0.15) is 15.9 Å². The van der Waals surface area contributed by atoms with E-state index in [1.807, 2.05) is 60.7 Å². The molecule has 4 rings (SSSR count). The van der Waals surface area contributed by atoms with Gasteiger partial charge in [-0.1, -0.05) is 64.5 Å². The standard InChI is InChI=1S/C23H19BrN2O3/c24-18-11-13-19(14-12-18)26-20(15-27)22(21(25-26)16-7-3-1-4-8-16)29-23(28)17-9-5-2-6-10-17/h1-14,20,22,27H,15H2/t20-,22-/m0/s1. The largest absolute Gasteiger partial charge is 0.450 e. The van der Waals surface area contributed by atoms with E-state index in [9.17, 15) is 9.90 Å². The van der Waals surface area contributed by atoms with Gasteiger partial charge in [0.15, 0.2) is 6.10 Å². The van der Waals surface area contributed by atoms with Gasteiger partial charge in [0.2, 0.25) is 0 Å². The summed E-state index contributed by atoms with van der Waals surface area (Å²) in [6.07, 6.45) is -0.709. The number of hydrogen-bond acceptors (Lipinski definition) is 5. The number of benzene rings is 3. The van der Waals surface area contributed by atoms with Crippen molar-refractivity contribution in [1.29, 1.82) is 0 Å². The van der Waals surface area contributed by atoms with Crippen LogP contribution >= 0.6 is 15.9 Å². The van der Waals surface area contributed by atoms with Crippen LogP contribution in [-0.4, -0.2) is 35.5 Å². The number of esters is 1. The maximum absolute atomic E-state index is 12.7. The van der Waals surface area contributed by atoms with Crippen LogP contribution in [0.15, 0.2) is 94.5 Å². The summed E-state index contributed by atoms with van der Waals surface area (Å²) in [5.41, 5.74) is 2.71. The number of anilines is 1. The average molecular weight is 451 g/mol. The number of nitrogens with zero attached hydrogens (tertiary/aromatic N) is 2. The van der Waals surface area contributed by atoms with Gasteiger partial charge >= 0.3 is 5.97 Å². The molecule has 146 valence electrons. The quantitative estimate of drug-likeness (QED) is 0.589. The number of carbonyl (C=O) groups excluding carboxylic acids is 1. The highest BCUT2D eigenvalue weighted by molar-refractivity contribution is 9.10. The smallest absolute Gasteiger partial charge is 0.338 e. The van der Waals surface area contributed by atoms with Crippen LogP contribution in [0.2, 0.25) is 0 Å². The molecular formula is C23H19BrN2O3. The molecule has 1 heterocycles. The van der Waals surface area contributed by atoms with Crippen molar-refractivity contribution in [3.8, 4) is 0 Å². The lowest BCUT2D eigenvalue weighted by Crippen LogP contribution is -2.43. The molecule has 1 aliphatic heterocycles. The van der Waals surface area contributed by atoms with E-state index in [0.29, 0.717) is 11.3 Å². The first kappa shape index (κ1) is 19.4. The predicted octanol–water partition coefficient (Wildman–Crippen LogP) is 4.26. The van der Waals surface area contributed by atoms with Gasteiger partial charge in [0, 0.05) is 10.0 Å². The SMILES string of the molecule is O=C(O[C@@H]1C(c2ccccc2)=NN(c2ccc(Br)cc2)[C@H]1CO)c1ccccc1. The fourth-order valence-corrected chi connectivity index (χ4v) is 3.56. The highest BCUT2D eigenvalue weighted by atomic mass is 79.9. The fourth-order valence-electron chi connectivity index (χ4n) is 3.30. The van der Waals surface area contributed by atoms with Gasteiger partial charge in [-0.15, -0.1) is 0 Å². The highest BCUT2D eigenvalue weighted by Gasteiger charge is 2.41. The Kier molecular flexibility index (Phi) is 5.74. The van der Waals surface area contributed by atoms with Gasteiger partial charge in [0.1, 0.15) is 11.8 Å². The van der Waals surface area contributed by atoms with Gasteiger partial charge in [0.25, 0.3) is 0 Å². The predicted molar refractivity (Wildman–Crippen MR) is 116 cm³/mol. The van der Waals surface area contributed by atoms with E-state index in [1.54, 1.807) is 29.3 Å². The van der Waals surface area contributed by atoms with E-state index in [4.69, 9.17) is 9.84 Å². The van der Waals surface area contributed by atoms with Crippen LogP contribution in [-0.2, 0) is 4.74 Å². The third-order valence-electron chi connectivity index (χ3n) is 4.74. The Bertz CT molecular complexity index is 1010. The number of halogens is 1. The first-order valence-electron chi connectivity index (χ1n) is 9.23. The Balaban J connectivity index is 1.71. The van der Waals surface area contributed by atoms with Gasteiger partial charge < -0.3 is 9.84 Å². The normalized spacial score (nSPS) is 18.4. The number of hydrogen-bond donors (Lipinski definition) is 1. The molecule has 3 aromatic carbocycles. The zero-order chi connectivity index (χ0) is 20.2. The van der Waals surface area contributed by atoms with Crippen LogP contribution in [0.3, 0.4) is 0 Å². The summed E-state index contributed by atoms with van der Waals surface area (Å²) in [5.74, 6) is -0.449. The van der Waals surface area contributed by atoms with Crippen molar-refractivity contribution in [2.24, 2.45) is 5.10 Å². The topological polar surface area (TPSA) is 62.1 Å². The first-order valence-corrected chi connectivity index (χ1v) is 10.0. The Hall–Kier alpha value is -2.96. The molecule has 0 amide bonds. The van der Waals surface area contributed by atoms with Crippen molar-refractivity contribution in [1.82, 2.24) is 0 Å². The van der Waals surface area contributed by atoms with Gasteiger partial charge in [-0.05, 0) is 36.4 Å². The van der Waals surface area contributed by atoms with Gasteiger partial charge in [-0.2, -0.15) is 5.10 Å². The summed E-state index contributed by atoms with van der Waals surface area (Å²) in [6.45, 7) is -0.220. The van der Waals surface area contributed by atoms with Gasteiger partial charge in [-0.25, -0.2) is 4.79 Å². The minimum Gasteiger partial charge on any atom is -0.450 e. The van der Waals surface area contributed by atoms with Crippen molar-refractivity contribution >= 4 is 33.3 Å². The number of aliphatic hydroxyl groups excluding tert-OH is 1. The van der Waals surface area contributed by atoms with Crippen LogP contribution in [0.4, 0.5) is 5.69 Å². The molecule has 5 nitrogen and oxygen atoms in total. The molecule has 1 N–H and O–H groups in total. The van der Waals surface area contributed by atoms with Gasteiger partial charge in [0.05, 0.1) is 17.9 Å². The molecule has 3 aromatic rings. The minimum absolute atomic E-state index is 0.220. The van der Waals surface area contributed by atoms with Crippen molar-refractivity contribution in [3.63, 3.8) is 0 Å². The molecule has 0 spiro atoms. The van der Waals surface area contributed by atoms with E-state index < -0.39 is 18.1 Å². The maximum Gasteiger partial charge on any atom is 0.338 e. The van der Waals surface area contributed by atoms with Crippen molar-refractivity contribution in [2.75, 3.05) is 11.6 Å². The van der Waals surface area contributed by atoms with E-state index in [0.717, 1.165) is 15.7 Å². The average Bonchev–Trinajstić information content (AvgIpc) is 3.13. The molecule has 0 saturated heterocycles. The molecule has 6 heteroatoms. The van der Waals surface area contributed by atoms with Crippen LogP contribution in [0.5, 0.6) is 0 Å². The third-order valence-corrected chi connectivity index (χ3v) is 5.27. The van der Waals surface area contributed by atoms with Crippen molar-refractivity contribution in [2.45, 2.75) is 12.1 Å². The van der Waals surface area contributed by atoms with E-state index in [2.05, 4.69) is 15.9 Å². The third kappa shape index (κ3) is 4.09. The van der Waals surface area contributed by atoms with Crippen LogP contribution in [0, 0.1) is 0 Å². The molecule has 1 aliphatic rings.